The van der Waals surface area contributed by atoms with E-state index in [-0.39, 0.29) is 5.56 Å². The Morgan fingerprint density at radius 1 is 0.906 bits per heavy atom. The quantitative estimate of drug-likeness (QED) is 0.386. The third-order valence-corrected chi connectivity index (χ3v) is 4.77. The molecule has 0 aliphatic heterocycles. The van der Waals surface area contributed by atoms with E-state index in [0.29, 0.717) is 17.9 Å². The summed E-state index contributed by atoms with van der Waals surface area (Å²) in [6, 6.07) is 21.4. The number of urea groups is 1. The minimum atomic E-state index is -0.522. The van der Waals surface area contributed by atoms with Crippen molar-refractivity contribution in [3.63, 3.8) is 0 Å². The number of ether oxygens (including phenoxy) is 1. The number of carbonyl (C=O) groups excluding carboxylic acids is 2. The minimum Gasteiger partial charge on any atom is -0.465 e. The molecule has 0 saturated carbocycles. The topological polar surface area (TPSA) is 105 Å². The van der Waals surface area contributed by atoms with Gasteiger partial charge in [0.05, 0.1) is 23.9 Å². The van der Waals surface area contributed by atoms with Crippen LogP contribution in [0.3, 0.4) is 0 Å². The number of amides is 2. The van der Waals surface area contributed by atoms with E-state index in [1.54, 1.807) is 30.3 Å². The van der Waals surface area contributed by atoms with Gasteiger partial charge in [0.15, 0.2) is 0 Å². The van der Waals surface area contributed by atoms with Gasteiger partial charge in [0.2, 0.25) is 0 Å². The van der Waals surface area contributed by atoms with Crippen LogP contribution < -0.4 is 16.0 Å². The lowest BCUT2D eigenvalue weighted by Gasteiger charge is -2.12. The fourth-order valence-corrected chi connectivity index (χ4v) is 3.26. The van der Waals surface area contributed by atoms with Crippen LogP contribution in [-0.2, 0) is 11.3 Å². The SMILES string of the molecule is COC(=O)c1ccccc1NC(=O)Nc1cccc(CNc2ncnc3ccccc23)c1. The Balaban J connectivity index is 1.42. The molecule has 0 fully saturated rings. The number of anilines is 3. The van der Waals surface area contributed by atoms with Gasteiger partial charge >= 0.3 is 12.0 Å². The average molecular weight is 427 g/mol. The zero-order valence-electron chi connectivity index (χ0n) is 17.3. The highest BCUT2D eigenvalue weighted by Gasteiger charge is 2.13. The first-order valence-corrected chi connectivity index (χ1v) is 9.92. The number of esters is 1. The van der Waals surface area contributed by atoms with Gasteiger partial charge in [0.25, 0.3) is 0 Å². The van der Waals surface area contributed by atoms with Crippen molar-refractivity contribution < 1.29 is 14.3 Å². The molecule has 0 aliphatic carbocycles. The van der Waals surface area contributed by atoms with Crippen LogP contribution in [0.5, 0.6) is 0 Å². The zero-order chi connectivity index (χ0) is 22.3. The molecule has 0 atom stereocenters. The minimum absolute atomic E-state index is 0.278. The Hall–Kier alpha value is -4.46. The summed E-state index contributed by atoms with van der Waals surface area (Å²) in [4.78, 5) is 32.9. The summed E-state index contributed by atoms with van der Waals surface area (Å²) in [7, 11) is 1.29. The number of nitrogens with one attached hydrogen (secondary N) is 3. The standard InChI is InChI=1S/C24H21N5O3/c1-32-23(30)19-10-3-5-12-21(19)29-24(31)28-17-8-6-7-16(13-17)14-25-22-18-9-2-4-11-20(18)26-15-27-22/h2-13,15H,14H2,1H3,(H,25,26,27)(H2,28,29,31). The highest BCUT2D eigenvalue weighted by molar-refractivity contribution is 6.05. The molecule has 8 nitrogen and oxygen atoms in total. The Kier molecular flexibility index (Phi) is 6.22. The molecular formula is C24H21N5O3. The lowest BCUT2D eigenvalue weighted by atomic mass is 10.2. The van der Waals surface area contributed by atoms with Gasteiger partial charge in [0.1, 0.15) is 12.1 Å². The number of para-hydroxylation sites is 2. The van der Waals surface area contributed by atoms with Crippen LogP contribution in [0.15, 0.2) is 79.1 Å². The fraction of sp³-hybridized carbons (Fsp3) is 0.0833. The van der Waals surface area contributed by atoms with Crippen molar-refractivity contribution >= 4 is 40.1 Å². The lowest BCUT2D eigenvalue weighted by Crippen LogP contribution is -2.21. The van der Waals surface area contributed by atoms with E-state index in [4.69, 9.17) is 4.74 Å². The van der Waals surface area contributed by atoms with Gasteiger partial charge in [-0.25, -0.2) is 19.6 Å². The van der Waals surface area contributed by atoms with E-state index >= 15 is 0 Å². The van der Waals surface area contributed by atoms with Crippen LogP contribution in [0.4, 0.5) is 22.0 Å². The summed E-state index contributed by atoms with van der Waals surface area (Å²) < 4.78 is 4.76. The van der Waals surface area contributed by atoms with Gasteiger partial charge in [-0.05, 0) is 42.0 Å². The Morgan fingerprint density at radius 2 is 1.72 bits per heavy atom. The molecule has 1 aromatic heterocycles. The average Bonchev–Trinajstić information content (AvgIpc) is 2.82. The molecular weight excluding hydrogens is 406 g/mol. The van der Waals surface area contributed by atoms with Crippen LogP contribution in [-0.4, -0.2) is 29.1 Å². The largest absolute Gasteiger partial charge is 0.465 e. The Labute approximate surface area is 184 Å². The molecule has 8 heteroatoms. The molecule has 32 heavy (non-hydrogen) atoms. The zero-order valence-corrected chi connectivity index (χ0v) is 17.3. The smallest absolute Gasteiger partial charge is 0.339 e. The van der Waals surface area contributed by atoms with Crippen molar-refractivity contribution in [3.05, 3.63) is 90.3 Å². The maximum absolute atomic E-state index is 12.5. The first kappa shape index (κ1) is 20.8. The van der Waals surface area contributed by atoms with Crippen molar-refractivity contribution in [2.45, 2.75) is 6.54 Å². The van der Waals surface area contributed by atoms with Crippen molar-refractivity contribution in [2.24, 2.45) is 0 Å². The highest BCUT2D eigenvalue weighted by atomic mass is 16.5. The summed E-state index contributed by atoms with van der Waals surface area (Å²) in [5, 5.41) is 9.73. The van der Waals surface area contributed by atoms with Gasteiger partial charge < -0.3 is 20.7 Å². The van der Waals surface area contributed by atoms with Gasteiger partial charge in [-0.1, -0.05) is 36.4 Å². The maximum Gasteiger partial charge on any atom is 0.339 e. The van der Waals surface area contributed by atoms with E-state index in [2.05, 4.69) is 25.9 Å². The van der Waals surface area contributed by atoms with Crippen LogP contribution in [0.1, 0.15) is 15.9 Å². The molecule has 0 bridgehead atoms. The van der Waals surface area contributed by atoms with Crippen molar-refractivity contribution in [1.29, 1.82) is 0 Å². The molecule has 4 aromatic rings. The second-order valence-corrected chi connectivity index (χ2v) is 6.91. The number of benzene rings is 3. The van der Waals surface area contributed by atoms with E-state index in [9.17, 15) is 9.59 Å². The molecule has 0 radical (unpaired) electrons. The first-order valence-electron chi connectivity index (χ1n) is 9.92. The number of rotatable bonds is 6. The summed E-state index contributed by atoms with van der Waals surface area (Å²) in [6.45, 7) is 0.517. The van der Waals surface area contributed by atoms with Gasteiger partial charge in [0, 0.05) is 17.6 Å². The number of methoxy groups -OCH3 is 1. The number of fused-ring (bicyclic) bond motifs is 1. The predicted octanol–water partition coefficient (Wildman–Crippen LogP) is 4.67. The van der Waals surface area contributed by atoms with Gasteiger partial charge in [-0.15, -0.1) is 0 Å². The number of hydrogen-bond donors (Lipinski definition) is 3. The molecule has 0 aliphatic rings. The third kappa shape index (κ3) is 4.81. The van der Waals surface area contributed by atoms with Crippen molar-refractivity contribution in [3.8, 4) is 0 Å². The molecule has 3 aromatic carbocycles. The summed E-state index contributed by atoms with van der Waals surface area (Å²) >= 11 is 0. The lowest BCUT2D eigenvalue weighted by molar-refractivity contribution is 0.0602. The second kappa shape index (κ2) is 9.57. The molecule has 3 N–H and O–H groups in total. The van der Waals surface area contributed by atoms with Crippen molar-refractivity contribution in [1.82, 2.24) is 9.97 Å². The molecule has 0 saturated heterocycles. The highest BCUT2D eigenvalue weighted by Crippen LogP contribution is 2.20. The van der Waals surface area contributed by atoms with Crippen LogP contribution in [0.2, 0.25) is 0 Å². The normalized spacial score (nSPS) is 10.4. The molecule has 160 valence electrons. The number of hydrogen-bond acceptors (Lipinski definition) is 6. The fourth-order valence-electron chi connectivity index (χ4n) is 3.26. The van der Waals surface area contributed by atoms with E-state index in [1.807, 2.05) is 42.5 Å². The van der Waals surface area contributed by atoms with Crippen LogP contribution in [0.25, 0.3) is 10.9 Å². The van der Waals surface area contributed by atoms with Crippen LogP contribution in [0, 0.1) is 0 Å². The van der Waals surface area contributed by atoms with E-state index in [0.717, 1.165) is 22.3 Å². The molecule has 1 heterocycles. The monoisotopic (exact) mass is 427 g/mol. The Morgan fingerprint density at radius 3 is 2.59 bits per heavy atom. The van der Waals surface area contributed by atoms with Gasteiger partial charge in [-0.3, -0.25) is 0 Å². The number of carbonyl (C=O) groups is 2. The summed E-state index contributed by atoms with van der Waals surface area (Å²) in [5.74, 6) is 0.220. The van der Waals surface area contributed by atoms with Crippen molar-refractivity contribution in [2.75, 3.05) is 23.1 Å². The van der Waals surface area contributed by atoms with E-state index in [1.165, 1.54) is 13.4 Å². The molecule has 0 unspecified atom stereocenters. The second-order valence-electron chi connectivity index (χ2n) is 6.91. The number of nitrogens with zero attached hydrogens (tertiary/aromatic N) is 2. The third-order valence-electron chi connectivity index (χ3n) is 4.77. The first-order chi connectivity index (χ1) is 15.6. The molecule has 0 spiro atoms. The summed E-state index contributed by atoms with van der Waals surface area (Å²) in [5.41, 5.74) is 3.08. The van der Waals surface area contributed by atoms with Crippen LogP contribution >= 0.6 is 0 Å². The predicted molar refractivity (Wildman–Crippen MR) is 124 cm³/mol. The van der Waals surface area contributed by atoms with Gasteiger partial charge in [-0.2, -0.15) is 0 Å². The molecule has 2 amide bonds. The summed E-state index contributed by atoms with van der Waals surface area (Å²) in [6.07, 6.45) is 1.53. The Bertz CT molecular complexity index is 1270. The number of aromatic nitrogens is 2. The molecule has 4 rings (SSSR count). The maximum atomic E-state index is 12.5. The van der Waals surface area contributed by atoms with E-state index < -0.39 is 12.0 Å².